The van der Waals surface area contributed by atoms with Gasteiger partial charge in [0.1, 0.15) is 0 Å². The Bertz CT molecular complexity index is 199. The van der Waals surface area contributed by atoms with Gasteiger partial charge in [-0.25, -0.2) is 0 Å². The van der Waals surface area contributed by atoms with E-state index in [4.69, 9.17) is 5.11 Å². The Morgan fingerprint density at radius 3 is 2.36 bits per heavy atom. The standard InChI is InChI=1S/C11H21NO2/c1-5-10(4)7-12(6-9(2)3)8-11(13)14/h9H,4-8H2,1-3H3,(H,13,14). The molecule has 0 spiro atoms. The van der Waals surface area contributed by atoms with Crippen molar-refractivity contribution in [2.24, 2.45) is 5.92 Å². The molecule has 0 aromatic heterocycles. The van der Waals surface area contributed by atoms with Gasteiger partial charge in [-0.3, -0.25) is 9.69 Å². The second-order valence-corrected chi connectivity index (χ2v) is 4.06. The number of carbonyl (C=O) groups is 1. The van der Waals surface area contributed by atoms with Gasteiger partial charge in [-0.2, -0.15) is 0 Å². The smallest absolute Gasteiger partial charge is 0.317 e. The molecule has 1 N–H and O–H groups in total. The lowest BCUT2D eigenvalue weighted by molar-refractivity contribution is -0.138. The lowest BCUT2D eigenvalue weighted by Crippen LogP contribution is -2.34. The zero-order chi connectivity index (χ0) is 11.1. The second kappa shape index (κ2) is 6.60. The van der Waals surface area contributed by atoms with Crippen molar-refractivity contribution in [1.82, 2.24) is 4.90 Å². The minimum absolute atomic E-state index is 0.108. The van der Waals surface area contributed by atoms with Crippen molar-refractivity contribution >= 4 is 5.97 Å². The molecule has 0 aliphatic heterocycles. The Morgan fingerprint density at radius 2 is 2.00 bits per heavy atom. The fourth-order valence-electron chi connectivity index (χ4n) is 1.32. The van der Waals surface area contributed by atoms with Gasteiger partial charge in [0.05, 0.1) is 6.54 Å². The van der Waals surface area contributed by atoms with Crippen LogP contribution in [0.5, 0.6) is 0 Å². The van der Waals surface area contributed by atoms with Crippen LogP contribution in [0.2, 0.25) is 0 Å². The highest BCUT2D eigenvalue weighted by atomic mass is 16.4. The monoisotopic (exact) mass is 199 g/mol. The molecule has 14 heavy (non-hydrogen) atoms. The van der Waals surface area contributed by atoms with E-state index in [0.717, 1.165) is 18.5 Å². The third kappa shape index (κ3) is 6.66. The molecule has 3 heteroatoms. The summed E-state index contributed by atoms with van der Waals surface area (Å²) in [5, 5.41) is 8.71. The van der Waals surface area contributed by atoms with E-state index in [1.165, 1.54) is 0 Å². The first-order chi connectivity index (χ1) is 6.45. The first-order valence-corrected chi connectivity index (χ1v) is 5.06. The van der Waals surface area contributed by atoms with Crippen LogP contribution >= 0.6 is 0 Å². The quantitative estimate of drug-likeness (QED) is 0.637. The molecule has 0 saturated heterocycles. The summed E-state index contributed by atoms with van der Waals surface area (Å²) in [4.78, 5) is 12.5. The van der Waals surface area contributed by atoms with Crippen molar-refractivity contribution in [1.29, 1.82) is 0 Å². The molecule has 0 amide bonds. The van der Waals surface area contributed by atoms with Gasteiger partial charge in [0.25, 0.3) is 0 Å². The molecule has 0 bridgehead atoms. The number of nitrogens with zero attached hydrogens (tertiary/aromatic N) is 1. The number of rotatable bonds is 7. The largest absolute Gasteiger partial charge is 0.480 e. The summed E-state index contributed by atoms with van der Waals surface area (Å²) >= 11 is 0. The van der Waals surface area contributed by atoms with E-state index >= 15 is 0 Å². The molecular formula is C11H21NO2. The maximum atomic E-state index is 10.6. The normalized spacial score (nSPS) is 10.9. The second-order valence-electron chi connectivity index (χ2n) is 4.06. The van der Waals surface area contributed by atoms with Gasteiger partial charge in [0.2, 0.25) is 0 Å². The molecule has 0 unspecified atom stereocenters. The van der Waals surface area contributed by atoms with Crippen molar-refractivity contribution < 1.29 is 9.90 Å². The summed E-state index contributed by atoms with van der Waals surface area (Å²) in [6.07, 6.45) is 0.911. The summed E-state index contributed by atoms with van der Waals surface area (Å²) in [6.45, 7) is 11.7. The maximum Gasteiger partial charge on any atom is 0.317 e. The molecule has 0 saturated carbocycles. The van der Waals surface area contributed by atoms with Crippen molar-refractivity contribution in [2.45, 2.75) is 27.2 Å². The highest BCUT2D eigenvalue weighted by Crippen LogP contribution is 2.04. The molecule has 3 nitrogen and oxygen atoms in total. The lowest BCUT2D eigenvalue weighted by atomic mass is 10.1. The van der Waals surface area contributed by atoms with Gasteiger partial charge in [-0.1, -0.05) is 32.9 Å². The molecule has 0 fully saturated rings. The van der Waals surface area contributed by atoms with Crippen molar-refractivity contribution in [2.75, 3.05) is 19.6 Å². The van der Waals surface area contributed by atoms with E-state index in [0.29, 0.717) is 12.5 Å². The van der Waals surface area contributed by atoms with Crippen LogP contribution in [0.3, 0.4) is 0 Å². The first kappa shape index (κ1) is 13.2. The Balaban J connectivity index is 4.09. The molecule has 0 heterocycles. The Hall–Kier alpha value is -0.830. The summed E-state index contributed by atoms with van der Waals surface area (Å²) < 4.78 is 0. The fraction of sp³-hybridized carbons (Fsp3) is 0.727. The molecule has 0 aromatic rings. The molecule has 0 aromatic carbocycles. The van der Waals surface area contributed by atoms with Crippen LogP contribution in [0.25, 0.3) is 0 Å². The first-order valence-electron chi connectivity index (χ1n) is 5.06. The van der Waals surface area contributed by atoms with Crippen molar-refractivity contribution in [3.63, 3.8) is 0 Å². The van der Waals surface area contributed by atoms with Gasteiger partial charge in [-0.05, 0) is 12.3 Å². The highest BCUT2D eigenvalue weighted by Gasteiger charge is 2.11. The van der Waals surface area contributed by atoms with Gasteiger partial charge >= 0.3 is 5.97 Å². The van der Waals surface area contributed by atoms with Gasteiger partial charge < -0.3 is 5.11 Å². The van der Waals surface area contributed by atoms with Crippen molar-refractivity contribution in [3.05, 3.63) is 12.2 Å². The number of hydrogen-bond acceptors (Lipinski definition) is 2. The predicted octanol–water partition coefficient (Wildman–Crippen LogP) is 2.00. The van der Waals surface area contributed by atoms with E-state index in [-0.39, 0.29) is 6.54 Å². The van der Waals surface area contributed by atoms with Crippen LogP contribution in [0, 0.1) is 5.92 Å². The minimum atomic E-state index is -0.769. The van der Waals surface area contributed by atoms with Crippen LogP contribution in [0.1, 0.15) is 27.2 Å². The van der Waals surface area contributed by atoms with Gasteiger partial charge in [0, 0.05) is 13.1 Å². The summed E-state index contributed by atoms with van der Waals surface area (Å²) in [5.41, 5.74) is 1.09. The molecular weight excluding hydrogens is 178 g/mol. The lowest BCUT2D eigenvalue weighted by Gasteiger charge is -2.22. The average molecular weight is 199 g/mol. The Labute approximate surface area is 86.4 Å². The fourth-order valence-corrected chi connectivity index (χ4v) is 1.32. The highest BCUT2D eigenvalue weighted by molar-refractivity contribution is 5.69. The maximum absolute atomic E-state index is 10.6. The Morgan fingerprint density at radius 1 is 1.43 bits per heavy atom. The SMILES string of the molecule is C=C(CC)CN(CC(=O)O)CC(C)C. The third-order valence-corrected chi connectivity index (χ3v) is 1.93. The number of carboxylic acids is 1. The predicted molar refractivity (Wildman–Crippen MR) is 58.3 cm³/mol. The zero-order valence-corrected chi connectivity index (χ0v) is 9.42. The van der Waals surface area contributed by atoms with Crippen LogP contribution in [-0.2, 0) is 4.79 Å². The molecule has 0 radical (unpaired) electrons. The summed E-state index contributed by atoms with van der Waals surface area (Å²) in [6, 6.07) is 0. The zero-order valence-electron chi connectivity index (χ0n) is 9.42. The van der Waals surface area contributed by atoms with Crippen LogP contribution in [0.4, 0.5) is 0 Å². The molecule has 82 valence electrons. The molecule has 0 aliphatic carbocycles. The number of hydrogen-bond donors (Lipinski definition) is 1. The topological polar surface area (TPSA) is 40.5 Å². The minimum Gasteiger partial charge on any atom is -0.480 e. The molecule has 0 aliphatic rings. The van der Waals surface area contributed by atoms with E-state index in [1.807, 2.05) is 11.8 Å². The van der Waals surface area contributed by atoms with E-state index in [1.54, 1.807) is 0 Å². The van der Waals surface area contributed by atoms with Gasteiger partial charge in [-0.15, -0.1) is 0 Å². The van der Waals surface area contributed by atoms with E-state index < -0.39 is 5.97 Å². The summed E-state index contributed by atoms with van der Waals surface area (Å²) in [5.74, 6) is -0.284. The van der Waals surface area contributed by atoms with E-state index in [2.05, 4.69) is 20.4 Å². The third-order valence-electron chi connectivity index (χ3n) is 1.93. The van der Waals surface area contributed by atoms with Gasteiger partial charge in [0.15, 0.2) is 0 Å². The van der Waals surface area contributed by atoms with Crippen LogP contribution in [-0.4, -0.2) is 35.6 Å². The van der Waals surface area contributed by atoms with E-state index in [9.17, 15) is 4.79 Å². The van der Waals surface area contributed by atoms with Crippen molar-refractivity contribution in [3.8, 4) is 0 Å². The molecule has 0 rings (SSSR count). The number of carboxylic acid groups (broad SMARTS) is 1. The number of aliphatic carboxylic acids is 1. The van der Waals surface area contributed by atoms with Crippen LogP contribution < -0.4 is 0 Å². The summed E-state index contributed by atoms with van der Waals surface area (Å²) in [7, 11) is 0. The average Bonchev–Trinajstić information content (AvgIpc) is 2.01. The Kier molecular flexibility index (Phi) is 6.21. The molecule has 0 atom stereocenters. The van der Waals surface area contributed by atoms with Crippen LogP contribution in [0.15, 0.2) is 12.2 Å².